The van der Waals surface area contributed by atoms with E-state index in [0.29, 0.717) is 31.1 Å². The van der Waals surface area contributed by atoms with Crippen molar-refractivity contribution in [3.05, 3.63) is 17.5 Å². The van der Waals surface area contributed by atoms with E-state index in [4.69, 9.17) is 4.52 Å². The van der Waals surface area contributed by atoms with Crippen LogP contribution in [0, 0.1) is 11.3 Å². The number of nitrogens with zero attached hydrogens (tertiary/aromatic N) is 1. The molecule has 4 rings (SSSR count). The van der Waals surface area contributed by atoms with Crippen LogP contribution < -0.4 is 10.6 Å². The van der Waals surface area contributed by atoms with Gasteiger partial charge in [-0.15, -0.1) is 0 Å². The van der Waals surface area contributed by atoms with Gasteiger partial charge in [-0.3, -0.25) is 9.59 Å². The molecule has 6 heteroatoms. The Morgan fingerprint density at radius 3 is 2.65 bits per heavy atom. The molecule has 0 bridgehead atoms. The fraction of sp³-hybridized carbons (Fsp3) is 0.750. The molecule has 0 unspecified atom stereocenters. The van der Waals surface area contributed by atoms with E-state index in [1.165, 1.54) is 19.3 Å². The number of amides is 2. The summed E-state index contributed by atoms with van der Waals surface area (Å²) >= 11 is 0. The van der Waals surface area contributed by atoms with Crippen LogP contribution in [0.5, 0.6) is 0 Å². The number of hydrogen-bond acceptors (Lipinski definition) is 4. The molecule has 2 N–H and O–H groups in total. The summed E-state index contributed by atoms with van der Waals surface area (Å²) in [6, 6.07) is 1.77. The van der Waals surface area contributed by atoms with E-state index in [9.17, 15) is 9.59 Å². The monoisotopic (exact) mass is 359 g/mol. The number of aromatic nitrogens is 1. The second-order valence-electron chi connectivity index (χ2n) is 8.51. The van der Waals surface area contributed by atoms with E-state index in [2.05, 4.69) is 15.8 Å². The van der Waals surface area contributed by atoms with Crippen molar-refractivity contribution in [2.75, 3.05) is 13.1 Å². The fourth-order valence-corrected chi connectivity index (χ4v) is 3.68. The minimum Gasteiger partial charge on any atom is -0.360 e. The van der Waals surface area contributed by atoms with E-state index in [0.717, 1.165) is 50.2 Å². The highest BCUT2D eigenvalue weighted by molar-refractivity contribution is 5.92. The summed E-state index contributed by atoms with van der Waals surface area (Å²) in [6.07, 6.45) is 11.0. The Morgan fingerprint density at radius 2 is 2.00 bits per heavy atom. The standard InChI is InChI=1S/C20H29N3O3/c24-18(7-4-14-2-1-3-14)21-11-10-20(8-9-20)13-22-19(25)16-12-17(26-23-16)15-5-6-15/h12,14-15H,1-11,13H2,(H,21,24)(H,22,25). The summed E-state index contributed by atoms with van der Waals surface area (Å²) in [7, 11) is 0. The van der Waals surface area contributed by atoms with Crippen molar-refractivity contribution in [1.29, 1.82) is 0 Å². The maximum atomic E-state index is 12.2. The second-order valence-corrected chi connectivity index (χ2v) is 8.51. The molecule has 2 amide bonds. The van der Waals surface area contributed by atoms with Gasteiger partial charge in [-0.2, -0.15) is 0 Å². The van der Waals surface area contributed by atoms with E-state index in [-0.39, 0.29) is 17.2 Å². The molecular formula is C20H29N3O3. The van der Waals surface area contributed by atoms with Crippen molar-refractivity contribution in [3.63, 3.8) is 0 Å². The molecule has 0 atom stereocenters. The molecule has 142 valence electrons. The van der Waals surface area contributed by atoms with Gasteiger partial charge in [0.25, 0.3) is 5.91 Å². The lowest BCUT2D eigenvalue weighted by molar-refractivity contribution is -0.121. The lowest BCUT2D eigenvalue weighted by Crippen LogP contribution is -2.33. The zero-order valence-electron chi connectivity index (χ0n) is 15.4. The molecule has 1 aromatic rings. The van der Waals surface area contributed by atoms with Crippen molar-refractivity contribution in [3.8, 4) is 0 Å². The van der Waals surface area contributed by atoms with Gasteiger partial charge >= 0.3 is 0 Å². The molecule has 6 nitrogen and oxygen atoms in total. The second kappa shape index (κ2) is 7.41. The predicted molar refractivity (Wildman–Crippen MR) is 96.7 cm³/mol. The van der Waals surface area contributed by atoms with E-state index < -0.39 is 0 Å². The van der Waals surface area contributed by atoms with Gasteiger partial charge < -0.3 is 15.2 Å². The van der Waals surface area contributed by atoms with Crippen LogP contribution >= 0.6 is 0 Å². The first-order valence-corrected chi connectivity index (χ1v) is 10.2. The Kier molecular flexibility index (Phi) is 5.00. The third kappa shape index (κ3) is 4.46. The van der Waals surface area contributed by atoms with E-state index in [1.807, 2.05) is 0 Å². The summed E-state index contributed by atoms with van der Waals surface area (Å²) in [4.78, 5) is 24.1. The van der Waals surface area contributed by atoms with Crippen molar-refractivity contribution < 1.29 is 14.1 Å². The highest BCUT2D eigenvalue weighted by Gasteiger charge is 2.42. The third-order valence-corrected chi connectivity index (χ3v) is 6.30. The molecule has 0 aliphatic heterocycles. The molecule has 0 spiro atoms. The number of carbonyl (C=O) groups excluding carboxylic acids is 2. The number of rotatable bonds is 10. The lowest BCUT2D eigenvalue weighted by atomic mass is 9.82. The summed E-state index contributed by atoms with van der Waals surface area (Å²) in [5, 5.41) is 9.93. The number of nitrogens with one attached hydrogen (secondary N) is 2. The van der Waals surface area contributed by atoms with Crippen molar-refractivity contribution in [2.24, 2.45) is 11.3 Å². The molecule has 3 saturated carbocycles. The maximum Gasteiger partial charge on any atom is 0.273 e. The van der Waals surface area contributed by atoms with E-state index in [1.54, 1.807) is 6.07 Å². The average Bonchev–Trinajstić information content (AvgIpc) is 3.52. The first-order chi connectivity index (χ1) is 12.6. The van der Waals surface area contributed by atoms with Crippen molar-refractivity contribution in [1.82, 2.24) is 15.8 Å². The summed E-state index contributed by atoms with van der Waals surface area (Å²) in [5.74, 6) is 2.10. The fourth-order valence-electron chi connectivity index (χ4n) is 3.68. The Bertz CT molecular complexity index is 657. The molecule has 0 saturated heterocycles. The maximum absolute atomic E-state index is 12.2. The molecule has 0 aromatic carbocycles. The van der Waals surface area contributed by atoms with Gasteiger partial charge in [0.05, 0.1) is 0 Å². The molecule has 1 aromatic heterocycles. The largest absolute Gasteiger partial charge is 0.360 e. The quantitative estimate of drug-likeness (QED) is 0.672. The van der Waals surface area contributed by atoms with Gasteiger partial charge in [-0.1, -0.05) is 24.4 Å². The third-order valence-electron chi connectivity index (χ3n) is 6.30. The van der Waals surface area contributed by atoms with Gasteiger partial charge in [-0.25, -0.2) is 0 Å². The van der Waals surface area contributed by atoms with Crippen LogP contribution in [0.1, 0.15) is 86.4 Å². The van der Waals surface area contributed by atoms with Crippen LogP contribution in [0.25, 0.3) is 0 Å². The van der Waals surface area contributed by atoms with Crippen molar-refractivity contribution in [2.45, 2.75) is 70.1 Å². The molecule has 1 heterocycles. The normalized spacial score (nSPS) is 21.1. The van der Waals surface area contributed by atoms with Gasteiger partial charge in [-0.05, 0) is 49.9 Å². The van der Waals surface area contributed by atoms with Gasteiger partial charge in [0.15, 0.2) is 5.69 Å². The number of hydrogen-bond donors (Lipinski definition) is 2. The summed E-state index contributed by atoms with van der Waals surface area (Å²) < 4.78 is 5.24. The molecule has 3 fully saturated rings. The van der Waals surface area contributed by atoms with Crippen LogP contribution in [-0.4, -0.2) is 30.1 Å². The highest BCUT2D eigenvalue weighted by Crippen LogP contribution is 2.48. The highest BCUT2D eigenvalue weighted by atomic mass is 16.5. The zero-order valence-corrected chi connectivity index (χ0v) is 15.4. The van der Waals surface area contributed by atoms with Crippen LogP contribution in [0.3, 0.4) is 0 Å². The summed E-state index contributed by atoms with van der Waals surface area (Å²) in [5.41, 5.74) is 0.534. The Balaban J connectivity index is 1.13. The van der Waals surface area contributed by atoms with Crippen LogP contribution in [0.4, 0.5) is 0 Å². The van der Waals surface area contributed by atoms with E-state index >= 15 is 0 Å². The zero-order chi connectivity index (χ0) is 18.0. The minimum atomic E-state index is -0.156. The smallest absolute Gasteiger partial charge is 0.273 e. The Morgan fingerprint density at radius 1 is 1.19 bits per heavy atom. The Hall–Kier alpha value is -1.85. The van der Waals surface area contributed by atoms with Crippen LogP contribution in [0.2, 0.25) is 0 Å². The first kappa shape index (κ1) is 17.6. The molecular weight excluding hydrogens is 330 g/mol. The summed E-state index contributed by atoms with van der Waals surface area (Å²) in [6.45, 7) is 1.35. The molecule has 3 aliphatic rings. The average molecular weight is 359 g/mol. The molecule has 0 radical (unpaired) electrons. The van der Waals surface area contributed by atoms with Gasteiger partial charge in [0.2, 0.25) is 5.91 Å². The SMILES string of the molecule is O=C(CCC1CCC1)NCCC1(CNC(=O)c2cc(C3CC3)on2)CC1. The molecule has 3 aliphatic carbocycles. The van der Waals surface area contributed by atoms with Crippen LogP contribution in [-0.2, 0) is 4.79 Å². The van der Waals surface area contributed by atoms with Crippen LogP contribution in [0.15, 0.2) is 10.6 Å². The van der Waals surface area contributed by atoms with Gasteiger partial charge in [0.1, 0.15) is 5.76 Å². The van der Waals surface area contributed by atoms with Crippen molar-refractivity contribution >= 4 is 11.8 Å². The lowest BCUT2D eigenvalue weighted by Gasteiger charge is -2.24. The minimum absolute atomic E-state index is 0.153. The number of carbonyl (C=O) groups is 2. The topological polar surface area (TPSA) is 84.2 Å². The molecule has 26 heavy (non-hydrogen) atoms. The Labute approximate surface area is 154 Å². The van der Waals surface area contributed by atoms with Gasteiger partial charge in [0, 0.05) is 31.5 Å². The first-order valence-electron chi connectivity index (χ1n) is 10.2. The predicted octanol–water partition coefficient (Wildman–Crippen LogP) is 3.15.